The molecule has 1 aliphatic rings. The summed E-state index contributed by atoms with van der Waals surface area (Å²) in [7, 11) is 2.08. The summed E-state index contributed by atoms with van der Waals surface area (Å²) in [6.45, 7) is 2.31. The number of hydrogen-bond donors (Lipinski definition) is 1. The van der Waals surface area contributed by atoms with Crippen LogP contribution in [0.4, 0.5) is 0 Å². The molecule has 0 amide bonds. The van der Waals surface area contributed by atoms with Gasteiger partial charge in [-0.15, -0.1) is 0 Å². The summed E-state index contributed by atoms with van der Waals surface area (Å²) in [5.41, 5.74) is 1.40. The fraction of sp³-hybridized carbons (Fsp3) is 0.643. The third-order valence-electron chi connectivity index (χ3n) is 4.02. The molecule has 1 fully saturated rings. The van der Waals surface area contributed by atoms with Crippen molar-refractivity contribution >= 4 is 0 Å². The van der Waals surface area contributed by atoms with E-state index in [9.17, 15) is 0 Å². The molecule has 2 nitrogen and oxygen atoms in total. The summed E-state index contributed by atoms with van der Waals surface area (Å²) in [5.74, 6) is 1.54. The number of nitrogens with zero attached hydrogens (tertiary/aromatic N) is 1. The van der Waals surface area contributed by atoms with Crippen LogP contribution in [-0.4, -0.2) is 18.1 Å². The highest BCUT2D eigenvalue weighted by Gasteiger charge is 2.25. The third-order valence-corrected chi connectivity index (χ3v) is 4.02. The number of nitrogens with one attached hydrogen (secondary N) is 1. The lowest BCUT2D eigenvalue weighted by Crippen LogP contribution is -2.34. The van der Waals surface area contributed by atoms with E-state index in [-0.39, 0.29) is 0 Å². The molecular weight excluding hydrogens is 196 g/mol. The molecule has 88 valence electrons. The highest BCUT2D eigenvalue weighted by atomic mass is 14.9. The fourth-order valence-electron chi connectivity index (χ4n) is 2.56. The van der Waals surface area contributed by atoms with Crippen molar-refractivity contribution < 1.29 is 0 Å². The van der Waals surface area contributed by atoms with Crippen molar-refractivity contribution in [3.05, 3.63) is 30.1 Å². The van der Waals surface area contributed by atoms with Crippen LogP contribution in [0, 0.1) is 5.92 Å². The molecule has 16 heavy (non-hydrogen) atoms. The van der Waals surface area contributed by atoms with Crippen LogP contribution in [0.15, 0.2) is 24.5 Å². The van der Waals surface area contributed by atoms with Gasteiger partial charge in [-0.1, -0.05) is 26.2 Å². The van der Waals surface area contributed by atoms with Gasteiger partial charge in [-0.25, -0.2) is 0 Å². The zero-order chi connectivity index (χ0) is 11.4. The van der Waals surface area contributed by atoms with Crippen LogP contribution in [0.3, 0.4) is 0 Å². The molecule has 0 aliphatic heterocycles. The number of pyridine rings is 1. The van der Waals surface area contributed by atoms with Gasteiger partial charge in [-0.2, -0.15) is 0 Å². The van der Waals surface area contributed by atoms with Gasteiger partial charge in [-0.05, 0) is 43.0 Å². The summed E-state index contributed by atoms with van der Waals surface area (Å²) in [6, 6.07) is 4.87. The van der Waals surface area contributed by atoms with Crippen molar-refractivity contribution in [2.45, 2.75) is 44.6 Å². The molecule has 1 saturated carbocycles. The molecule has 2 atom stereocenters. The second-order valence-corrected chi connectivity index (χ2v) is 5.00. The van der Waals surface area contributed by atoms with Gasteiger partial charge in [0.15, 0.2) is 0 Å². The van der Waals surface area contributed by atoms with E-state index in [4.69, 9.17) is 0 Å². The van der Waals surface area contributed by atoms with E-state index < -0.39 is 0 Å². The van der Waals surface area contributed by atoms with Crippen molar-refractivity contribution in [3.8, 4) is 0 Å². The summed E-state index contributed by atoms with van der Waals surface area (Å²) in [5, 5.41) is 3.48. The van der Waals surface area contributed by atoms with E-state index in [1.807, 2.05) is 12.4 Å². The van der Waals surface area contributed by atoms with Crippen LogP contribution in [0.1, 0.15) is 44.1 Å². The Morgan fingerprint density at radius 2 is 2.06 bits per heavy atom. The Hall–Kier alpha value is -0.890. The minimum absolute atomic E-state index is 0.577. The highest BCUT2D eigenvalue weighted by molar-refractivity contribution is 5.17. The number of rotatable bonds is 5. The minimum Gasteiger partial charge on any atom is -0.316 e. The molecule has 1 aromatic rings. The molecule has 0 radical (unpaired) electrons. The molecular formula is C14H22N2. The summed E-state index contributed by atoms with van der Waals surface area (Å²) < 4.78 is 0. The molecule has 2 heteroatoms. The Balaban J connectivity index is 1.97. The minimum atomic E-state index is 0.577. The van der Waals surface area contributed by atoms with Crippen molar-refractivity contribution in [2.24, 2.45) is 5.92 Å². The molecule has 2 rings (SSSR count). The molecule has 1 aliphatic carbocycles. The second-order valence-electron chi connectivity index (χ2n) is 5.00. The van der Waals surface area contributed by atoms with Gasteiger partial charge in [0.2, 0.25) is 0 Å². The van der Waals surface area contributed by atoms with Gasteiger partial charge in [0, 0.05) is 18.4 Å². The standard InChI is InChI=1S/C14H22N2/c1-11(13-6-8-16-9-7-13)14(15-2)10-12-4-3-5-12/h6-9,11-12,14-15H,3-5,10H2,1-2H3. The van der Waals surface area contributed by atoms with E-state index in [0.29, 0.717) is 12.0 Å². The maximum atomic E-state index is 4.08. The van der Waals surface area contributed by atoms with Crippen LogP contribution >= 0.6 is 0 Å². The van der Waals surface area contributed by atoms with E-state index in [1.165, 1.54) is 31.2 Å². The molecule has 0 bridgehead atoms. The van der Waals surface area contributed by atoms with Crippen LogP contribution in [0.25, 0.3) is 0 Å². The second kappa shape index (κ2) is 5.44. The quantitative estimate of drug-likeness (QED) is 0.822. The average Bonchev–Trinajstić information content (AvgIpc) is 2.28. The van der Waals surface area contributed by atoms with Gasteiger partial charge >= 0.3 is 0 Å². The SMILES string of the molecule is CNC(CC1CCC1)C(C)c1ccncc1. The van der Waals surface area contributed by atoms with Crippen LogP contribution in [-0.2, 0) is 0 Å². The van der Waals surface area contributed by atoms with Gasteiger partial charge in [-0.3, -0.25) is 4.98 Å². The first-order valence-corrected chi connectivity index (χ1v) is 6.38. The van der Waals surface area contributed by atoms with Gasteiger partial charge in [0.25, 0.3) is 0 Å². The van der Waals surface area contributed by atoms with Crippen LogP contribution in [0.2, 0.25) is 0 Å². The zero-order valence-corrected chi connectivity index (χ0v) is 10.3. The number of hydrogen-bond acceptors (Lipinski definition) is 2. The third kappa shape index (κ3) is 2.62. The van der Waals surface area contributed by atoms with Crippen molar-refractivity contribution in [1.82, 2.24) is 10.3 Å². The van der Waals surface area contributed by atoms with E-state index >= 15 is 0 Å². The van der Waals surface area contributed by atoms with Crippen molar-refractivity contribution in [2.75, 3.05) is 7.05 Å². The summed E-state index contributed by atoms with van der Waals surface area (Å²) in [4.78, 5) is 4.08. The average molecular weight is 218 g/mol. The largest absolute Gasteiger partial charge is 0.316 e. The van der Waals surface area contributed by atoms with Crippen LogP contribution in [0.5, 0.6) is 0 Å². The predicted octanol–water partition coefficient (Wildman–Crippen LogP) is 2.96. The molecule has 1 N–H and O–H groups in total. The lowest BCUT2D eigenvalue weighted by atomic mass is 9.77. The Morgan fingerprint density at radius 3 is 2.56 bits per heavy atom. The monoisotopic (exact) mass is 218 g/mol. The summed E-state index contributed by atoms with van der Waals surface area (Å²) >= 11 is 0. The normalized spacial score (nSPS) is 20.1. The zero-order valence-electron chi connectivity index (χ0n) is 10.3. The maximum absolute atomic E-state index is 4.08. The van der Waals surface area contributed by atoms with E-state index in [1.54, 1.807) is 0 Å². The van der Waals surface area contributed by atoms with E-state index in [2.05, 4.69) is 36.4 Å². The first kappa shape index (κ1) is 11.6. The Labute approximate surface area is 98.5 Å². The van der Waals surface area contributed by atoms with Crippen LogP contribution < -0.4 is 5.32 Å². The smallest absolute Gasteiger partial charge is 0.0270 e. The number of aromatic nitrogens is 1. The lowest BCUT2D eigenvalue weighted by molar-refractivity contribution is 0.252. The fourth-order valence-corrected chi connectivity index (χ4v) is 2.56. The highest BCUT2D eigenvalue weighted by Crippen LogP contribution is 2.33. The summed E-state index contributed by atoms with van der Waals surface area (Å²) in [6.07, 6.45) is 9.40. The lowest BCUT2D eigenvalue weighted by Gasteiger charge is -2.32. The molecule has 2 unspecified atom stereocenters. The molecule has 0 spiro atoms. The van der Waals surface area contributed by atoms with Gasteiger partial charge < -0.3 is 5.32 Å². The number of likely N-dealkylation sites (N-methyl/N-ethyl adjacent to an activating group) is 1. The van der Waals surface area contributed by atoms with Crippen molar-refractivity contribution in [3.63, 3.8) is 0 Å². The predicted molar refractivity (Wildman–Crippen MR) is 67.5 cm³/mol. The van der Waals surface area contributed by atoms with Gasteiger partial charge in [0.1, 0.15) is 0 Å². The molecule has 1 aromatic heterocycles. The maximum Gasteiger partial charge on any atom is 0.0270 e. The Bertz CT molecular complexity index is 306. The van der Waals surface area contributed by atoms with E-state index in [0.717, 1.165) is 5.92 Å². The Morgan fingerprint density at radius 1 is 1.38 bits per heavy atom. The molecule has 0 saturated heterocycles. The first-order valence-electron chi connectivity index (χ1n) is 6.38. The van der Waals surface area contributed by atoms with Gasteiger partial charge in [0.05, 0.1) is 0 Å². The topological polar surface area (TPSA) is 24.9 Å². The molecule has 1 heterocycles. The Kier molecular flexibility index (Phi) is 3.94. The van der Waals surface area contributed by atoms with Crippen molar-refractivity contribution in [1.29, 1.82) is 0 Å². The molecule has 0 aromatic carbocycles. The first-order chi connectivity index (χ1) is 7.81.